The summed E-state index contributed by atoms with van der Waals surface area (Å²) in [5.74, 6) is 0.984. The van der Waals surface area contributed by atoms with Crippen LogP contribution in [0.3, 0.4) is 0 Å². The molecule has 128 valence electrons. The van der Waals surface area contributed by atoms with Gasteiger partial charge >= 0.3 is 6.03 Å². The smallest absolute Gasteiger partial charge is 0.319 e. The average molecular weight is 344 g/mol. The van der Waals surface area contributed by atoms with Gasteiger partial charge in [0.15, 0.2) is 0 Å². The largest absolute Gasteiger partial charge is 0.337 e. The number of hydrogen-bond donors (Lipinski definition) is 2. The molecule has 2 amide bonds. The SMILES string of the molecule is O=C(NCCSC1CCCC1)Nc1cccc(Cn2cccn2)c1. The molecule has 1 fully saturated rings. The van der Waals surface area contributed by atoms with Gasteiger partial charge in [-0.1, -0.05) is 25.0 Å². The summed E-state index contributed by atoms with van der Waals surface area (Å²) in [6.07, 6.45) is 9.08. The van der Waals surface area contributed by atoms with E-state index in [0.717, 1.165) is 22.3 Å². The number of nitrogens with zero attached hydrogens (tertiary/aromatic N) is 2. The number of hydrogen-bond acceptors (Lipinski definition) is 3. The number of aromatic nitrogens is 2. The Morgan fingerprint density at radius 2 is 2.17 bits per heavy atom. The highest BCUT2D eigenvalue weighted by Gasteiger charge is 2.14. The van der Waals surface area contributed by atoms with Gasteiger partial charge in [-0.05, 0) is 36.6 Å². The number of urea groups is 1. The first-order valence-electron chi connectivity index (χ1n) is 8.52. The molecule has 0 bridgehead atoms. The first kappa shape index (κ1) is 16.9. The van der Waals surface area contributed by atoms with Crippen LogP contribution in [0.4, 0.5) is 10.5 Å². The lowest BCUT2D eigenvalue weighted by Gasteiger charge is -2.11. The van der Waals surface area contributed by atoms with Crippen molar-refractivity contribution in [2.45, 2.75) is 37.5 Å². The van der Waals surface area contributed by atoms with Crippen molar-refractivity contribution in [1.29, 1.82) is 0 Å². The van der Waals surface area contributed by atoms with Crippen molar-refractivity contribution in [2.24, 2.45) is 0 Å². The van der Waals surface area contributed by atoms with E-state index in [1.807, 2.05) is 53.0 Å². The van der Waals surface area contributed by atoms with E-state index in [0.29, 0.717) is 13.1 Å². The third-order valence-corrected chi connectivity index (χ3v) is 5.51. The van der Waals surface area contributed by atoms with Crippen LogP contribution in [0.5, 0.6) is 0 Å². The molecule has 0 radical (unpaired) electrons. The van der Waals surface area contributed by atoms with Crippen molar-refractivity contribution in [2.75, 3.05) is 17.6 Å². The number of thioether (sulfide) groups is 1. The summed E-state index contributed by atoms with van der Waals surface area (Å²) in [6, 6.07) is 9.62. The Balaban J connectivity index is 1.40. The molecule has 24 heavy (non-hydrogen) atoms. The summed E-state index contributed by atoms with van der Waals surface area (Å²) < 4.78 is 1.86. The van der Waals surface area contributed by atoms with Crippen molar-refractivity contribution < 1.29 is 4.79 Å². The molecule has 0 unspecified atom stereocenters. The minimum absolute atomic E-state index is 0.140. The lowest BCUT2D eigenvalue weighted by Crippen LogP contribution is -2.30. The minimum atomic E-state index is -0.140. The Hall–Kier alpha value is -1.95. The molecule has 1 aliphatic carbocycles. The maximum atomic E-state index is 12.0. The number of carbonyl (C=O) groups excluding carboxylic acids is 1. The molecule has 0 aliphatic heterocycles. The molecular weight excluding hydrogens is 320 g/mol. The highest BCUT2D eigenvalue weighted by Crippen LogP contribution is 2.28. The number of benzene rings is 1. The fourth-order valence-corrected chi connectivity index (χ4v) is 4.17. The highest BCUT2D eigenvalue weighted by molar-refractivity contribution is 7.99. The summed E-state index contributed by atoms with van der Waals surface area (Å²) in [5, 5.41) is 10.8. The second-order valence-electron chi connectivity index (χ2n) is 6.06. The lowest BCUT2D eigenvalue weighted by molar-refractivity contribution is 0.252. The van der Waals surface area contributed by atoms with Gasteiger partial charge in [0.1, 0.15) is 0 Å². The van der Waals surface area contributed by atoms with E-state index >= 15 is 0 Å². The number of carbonyl (C=O) groups is 1. The average Bonchev–Trinajstić information content (AvgIpc) is 3.25. The molecule has 2 N–H and O–H groups in total. The van der Waals surface area contributed by atoms with Crippen LogP contribution in [0, 0.1) is 0 Å². The van der Waals surface area contributed by atoms with Crippen LogP contribution in [-0.4, -0.2) is 33.4 Å². The van der Waals surface area contributed by atoms with Gasteiger partial charge in [-0.25, -0.2) is 4.79 Å². The van der Waals surface area contributed by atoms with Crippen LogP contribution >= 0.6 is 11.8 Å². The molecule has 6 heteroatoms. The molecule has 1 aliphatic rings. The van der Waals surface area contributed by atoms with E-state index in [1.54, 1.807) is 6.20 Å². The maximum absolute atomic E-state index is 12.0. The van der Waals surface area contributed by atoms with Crippen LogP contribution in [0.25, 0.3) is 0 Å². The summed E-state index contributed by atoms with van der Waals surface area (Å²) in [6.45, 7) is 1.40. The molecule has 0 saturated heterocycles. The minimum Gasteiger partial charge on any atom is -0.337 e. The van der Waals surface area contributed by atoms with Crippen molar-refractivity contribution in [1.82, 2.24) is 15.1 Å². The van der Waals surface area contributed by atoms with Crippen molar-refractivity contribution in [3.8, 4) is 0 Å². The third kappa shape index (κ3) is 5.30. The van der Waals surface area contributed by atoms with Crippen LogP contribution in [0.2, 0.25) is 0 Å². The standard InChI is InChI=1S/C18H24N4OS/c23-18(19-10-12-24-17-7-1-2-8-17)21-16-6-3-5-15(13-16)14-22-11-4-9-20-22/h3-6,9,11,13,17H,1-2,7-8,10,12,14H2,(H2,19,21,23). The van der Waals surface area contributed by atoms with Gasteiger partial charge in [0.25, 0.3) is 0 Å². The third-order valence-electron chi connectivity index (χ3n) is 4.13. The van der Waals surface area contributed by atoms with E-state index < -0.39 is 0 Å². The molecule has 1 heterocycles. The summed E-state index contributed by atoms with van der Waals surface area (Å²) in [7, 11) is 0. The second-order valence-corrected chi connectivity index (χ2v) is 7.47. The quantitative estimate of drug-likeness (QED) is 0.753. The highest BCUT2D eigenvalue weighted by atomic mass is 32.2. The molecule has 1 aromatic carbocycles. The van der Waals surface area contributed by atoms with E-state index in [9.17, 15) is 4.79 Å². The van der Waals surface area contributed by atoms with E-state index in [-0.39, 0.29) is 6.03 Å². The zero-order valence-corrected chi connectivity index (χ0v) is 14.6. The summed E-state index contributed by atoms with van der Waals surface area (Å²) in [4.78, 5) is 12.0. The monoisotopic (exact) mass is 344 g/mol. The molecule has 2 aromatic rings. The normalized spacial score (nSPS) is 14.7. The first-order chi connectivity index (χ1) is 11.8. The first-order valence-corrected chi connectivity index (χ1v) is 9.57. The van der Waals surface area contributed by atoms with Gasteiger partial charge in [-0.2, -0.15) is 16.9 Å². The van der Waals surface area contributed by atoms with Crippen LogP contribution in [-0.2, 0) is 6.54 Å². The Morgan fingerprint density at radius 3 is 2.96 bits per heavy atom. The van der Waals surface area contributed by atoms with Crippen LogP contribution in [0.1, 0.15) is 31.2 Å². The van der Waals surface area contributed by atoms with E-state index in [4.69, 9.17) is 0 Å². The van der Waals surface area contributed by atoms with Gasteiger partial charge in [0, 0.05) is 35.6 Å². The topological polar surface area (TPSA) is 59.0 Å². The van der Waals surface area contributed by atoms with E-state index in [1.165, 1.54) is 25.7 Å². The van der Waals surface area contributed by atoms with Gasteiger partial charge < -0.3 is 10.6 Å². The molecule has 1 saturated carbocycles. The van der Waals surface area contributed by atoms with Crippen molar-refractivity contribution >= 4 is 23.5 Å². The molecular formula is C18H24N4OS. The predicted molar refractivity (Wildman–Crippen MR) is 99.5 cm³/mol. The number of nitrogens with one attached hydrogen (secondary N) is 2. The lowest BCUT2D eigenvalue weighted by atomic mass is 10.2. The summed E-state index contributed by atoms with van der Waals surface area (Å²) >= 11 is 1.98. The predicted octanol–water partition coefficient (Wildman–Crippen LogP) is 3.73. The Morgan fingerprint density at radius 1 is 1.29 bits per heavy atom. The van der Waals surface area contributed by atoms with Gasteiger partial charge in [-0.3, -0.25) is 4.68 Å². The fourth-order valence-electron chi connectivity index (χ4n) is 2.95. The Labute approximate surface area is 147 Å². The zero-order valence-electron chi connectivity index (χ0n) is 13.8. The van der Waals surface area contributed by atoms with Crippen molar-refractivity contribution in [3.05, 3.63) is 48.3 Å². The molecule has 1 aromatic heterocycles. The molecule has 3 rings (SSSR count). The number of amides is 2. The van der Waals surface area contributed by atoms with Crippen LogP contribution in [0.15, 0.2) is 42.7 Å². The number of rotatable bonds is 7. The van der Waals surface area contributed by atoms with Gasteiger partial charge in [-0.15, -0.1) is 0 Å². The molecule has 5 nitrogen and oxygen atoms in total. The van der Waals surface area contributed by atoms with Gasteiger partial charge in [0.2, 0.25) is 0 Å². The summed E-state index contributed by atoms with van der Waals surface area (Å²) in [5.41, 5.74) is 1.91. The Bertz CT molecular complexity index is 638. The second kappa shape index (κ2) is 8.78. The fraction of sp³-hybridized carbons (Fsp3) is 0.444. The molecule has 0 atom stereocenters. The van der Waals surface area contributed by atoms with Crippen LogP contribution < -0.4 is 10.6 Å². The number of anilines is 1. The van der Waals surface area contributed by atoms with Crippen molar-refractivity contribution in [3.63, 3.8) is 0 Å². The Kier molecular flexibility index (Phi) is 6.18. The molecule has 0 spiro atoms. The van der Waals surface area contributed by atoms with E-state index in [2.05, 4.69) is 15.7 Å². The zero-order chi connectivity index (χ0) is 16.6. The maximum Gasteiger partial charge on any atom is 0.319 e. The van der Waals surface area contributed by atoms with Gasteiger partial charge in [0.05, 0.1) is 6.54 Å².